The van der Waals surface area contributed by atoms with Crippen LogP contribution in [0.5, 0.6) is 5.75 Å². The summed E-state index contributed by atoms with van der Waals surface area (Å²) in [5.74, 6) is 0.769. The van der Waals surface area contributed by atoms with Crippen LogP contribution in [-0.2, 0) is 4.74 Å². The van der Waals surface area contributed by atoms with E-state index in [2.05, 4.69) is 15.1 Å². The summed E-state index contributed by atoms with van der Waals surface area (Å²) in [4.78, 5) is 8.03. The normalized spacial score (nSPS) is 12.6. The SMILES string of the molecule is CCOC(CC)c1noc(-c2ccncc2O)n1. The number of nitrogens with zero attached hydrogens (tertiary/aromatic N) is 3. The maximum atomic E-state index is 9.65. The third-order valence-corrected chi connectivity index (χ3v) is 2.50. The topological polar surface area (TPSA) is 81.3 Å². The molecule has 0 aromatic carbocycles. The monoisotopic (exact) mass is 249 g/mol. The minimum Gasteiger partial charge on any atom is -0.505 e. The first-order valence-electron chi connectivity index (χ1n) is 5.84. The number of rotatable bonds is 5. The van der Waals surface area contributed by atoms with Gasteiger partial charge in [0.05, 0.1) is 11.8 Å². The number of aromatic hydroxyl groups is 1. The Kier molecular flexibility index (Phi) is 3.88. The van der Waals surface area contributed by atoms with Crippen LogP contribution in [-0.4, -0.2) is 26.8 Å². The highest BCUT2D eigenvalue weighted by Crippen LogP contribution is 2.28. The van der Waals surface area contributed by atoms with Gasteiger partial charge in [-0.2, -0.15) is 4.98 Å². The van der Waals surface area contributed by atoms with Crippen molar-refractivity contribution in [2.24, 2.45) is 0 Å². The molecule has 1 atom stereocenters. The van der Waals surface area contributed by atoms with Gasteiger partial charge in [0, 0.05) is 12.8 Å². The lowest BCUT2D eigenvalue weighted by Crippen LogP contribution is -2.04. The molecular formula is C12H15N3O3. The highest BCUT2D eigenvalue weighted by atomic mass is 16.5. The van der Waals surface area contributed by atoms with Crippen LogP contribution >= 0.6 is 0 Å². The summed E-state index contributed by atoms with van der Waals surface area (Å²) in [6, 6.07) is 1.62. The molecule has 0 saturated heterocycles. The number of pyridine rings is 1. The van der Waals surface area contributed by atoms with Crippen LogP contribution in [0.4, 0.5) is 0 Å². The van der Waals surface area contributed by atoms with Crippen molar-refractivity contribution in [1.82, 2.24) is 15.1 Å². The summed E-state index contributed by atoms with van der Waals surface area (Å²) in [6.45, 7) is 4.49. The Bertz CT molecular complexity index is 513. The maximum absolute atomic E-state index is 9.65. The van der Waals surface area contributed by atoms with E-state index >= 15 is 0 Å². The molecule has 2 rings (SSSR count). The van der Waals surface area contributed by atoms with Gasteiger partial charge >= 0.3 is 0 Å². The second kappa shape index (κ2) is 5.59. The smallest absolute Gasteiger partial charge is 0.261 e. The molecule has 18 heavy (non-hydrogen) atoms. The van der Waals surface area contributed by atoms with Crippen LogP contribution in [0.3, 0.4) is 0 Å². The van der Waals surface area contributed by atoms with Gasteiger partial charge < -0.3 is 14.4 Å². The summed E-state index contributed by atoms with van der Waals surface area (Å²) in [5, 5.41) is 13.5. The fourth-order valence-electron chi connectivity index (χ4n) is 1.62. The molecule has 2 aromatic rings. The molecule has 0 saturated carbocycles. The van der Waals surface area contributed by atoms with Crippen molar-refractivity contribution in [2.75, 3.05) is 6.61 Å². The highest BCUT2D eigenvalue weighted by Gasteiger charge is 2.18. The van der Waals surface area contributed by atoms with Crippen LogP contribution in [0.25, 0.3) is 11.5 Å². The first-order chi connectivity index (χ1) is 8.76. The molecule has 96 valence electrons. The third-order valence-electron chi connectivity index (χ3n) is 2.50. The Morgan fingerprint density at radius 1 is 1.44 bits per heavy atom. The van der Waals surface area contributed by atoms with Crippen molar-refractivity contribution in [3.8, 4) is 17.2 Å². The van der Waals surface area contributed by atoms with E-state index in [0.29, 0.717) is 18.0 Å². The van der Waals surface area contributed by atoms with Crippen LogP contribution < -0.4 is 0 Å². The largest absolute Gasteiger partial charge is 0.505 e. The minimum atomic E-state index is -0.184. The Morgan fingerprint density at radius 3 is 2.94 bits per heavy atom. The van der Waals surface area contributed by atoms with Gasteiger partial charge in [-0.25, -0.2) is 0 Å². The molecule has 0 radical (unpaired) electrons. The fraction of sp³-hybridized carbons (Fsp3) is 0.417. The van der Waals surface area contributed by atoms with Crippen LogP contribution in [0.2, 0.25) is 0 Å². The molecule has 0 spiro atoms. The first-order valence-corrected chi connectivity index (χ1v) is 5.84. The summed E-state index contributed by atoms with van der Waals surface area (Å²) in [7, 11) is 0. The van der Waals surface area contributed by atoms with Crippen molar-refractivity contribution in [3.05, 3.63) is 24.3 Å². The predicted molar refractivity (Wildman–Crippen MR) is 63.9 cm³/mol. The van der Waals surface area contributed by atoms with Gasteiger partial charge in [-0.1, -0.05) is 12.1 Å². The lowest BCUT2D eigenvalue weighted by molar-refractivity contribution is 0.0518. The van der Waals surface area contributed by atoms with Gasteiger partial charge in [-0.15, -0.1) is 0 Å². The number of ether oxygens (including phenoxy) is 1. The van der Waals surface area contributed by atoms with Crippen molar-refractivity contribution < 1.29 is 14.4 Å². The molecule has 1 N–H and O–H groups in total. The molecular weight excluding hydrogens is 234 g/mol. The van der Waals surface area contributed by atoms with Gasteiger partial charge in [0.15, 0.2) is 0 Å². The summed E-state index contributed by atoms with van der Waals surface area (Å²) in [6.07, 6.45) is 3.46. The molecule has 0 bridgehead atoms. The van der Waals surface area contributed by atoms with Gasteiger partial charge in [0.1, 0.15) is 11.9 Å². The van der Waals surface area contributed by atoms with E-state index in [0.717, 1.165) is 6.42 Å². The number of hydrogen-bond donors (Lipinski definition) is 1. The Morgan fingerprint density at radius 2 is 2.28 bits per heavy atom. The van der Waals surface area contributed by atoms with E-state index in [1.807, 2.05) is 13.8 Å². The predicted octanol–water partition coefficient (Wildman–Crippen LogP) is 2.32. The van der Waals surface area contributed by atoms with Gasteiger partial charge in [-0.3, -0.25) is 4.98 Å². The second-order valence-electron chi connectivity index (χ2n) is 3.70. The van der Waals surface area contributed by atoms with Crippen molar-refractivity contribution >= 4 is 0 Å². The zero-order valence-corrected chi connectivity index (χ0v) is 10.3. The Balaban J connectivity index is 2.28. The molecule has 0 aliphatic heterocycles. The highest BCUT2D eigenvalue weighted by molar-refractivity contribution is 5.60. The molecule has 6 nitrogen and oxygen atoms in total. The number of hydrogen-bond acceptors (Lipinski definition) is 6. The van der Waals surface area contributed by atoms with Gasteiger partial charge in [0.2, 0.25) is 5.82 Å². The van der Waals surface area contributed by atoms with E-state index in [1.165, 1.54) is 6.20 Å². The average Bonchev–Trinajstić information content (AvgIpc) is 2.85. The molecule has 2 heterocycles. The Hall–Kier alpha value is -1.95. The molecule has 6 heteroatoms. The molecule has 2 aromatic heterocycles. The van der Waals surface area contributed by atoms with Crippen molar-refractivity contribution in [3.63, 3.8) is 0 Å². The zero-order chi connectivity index (χ0) is 13.0. The van der Waals surface area contributed by atoms with Crippen molar-refractivity contribution in [2.45, 2.75) is 26.4 Å². The van der Waals surface area contributed by atoms with Crippen LogP contribution in [0, 0.1) is 0 Å². The minimum absolute atomic E-state index is 0.0113. The van der Waals surface area contributed by atoms with E-state index < -0.39 is 0 Å². The third kappa shape index (κ3) is 2.48. The molecule has 1 unspecified atom stereocenters. The fourth-order valence-corrected chi connectivity index (χ4v) is 1.62. The molecule has 0 aliphatic carbocycles. The molecule has 0 amide bonds. The quantitative estimate of drug-likeness (QED) is 0.875. The lowest BCUT2D eigenvalue weighted by atomic mass is 10.2. The van der Waals surface area contributed by atoms with Gasteiger partial charge in [0.25, 0.3) is 5.89 Å². The standard InChI is InChI=1S/C12H15N3O3/c1-3-10(17-4-2)11-14-12(18-15-11)8-5-6-13-7-9(8)16/h5-7,10,16H,3-4H2,1-2H3. The van der Waals surface area contributed by atoms with E-state index in [4.69, 9.17) is 9.26 Å². The average molecular weight is 249 g/mol. The van der Waals surface area contributed by atoms with Crippen LogP contribution in [0.1, 0.15) is 32.2 Å². The molecule has 0 aliphatic rings. The molecule has 0 fully saturated rings. The van der Waals surface area contributed by atoms with E-state index in [1.54, 1.807) is 12.3 Å². The van der Waals surface area contributed by atoms with Crippen LogP contribution in [0.15, 0.2) is 23.0 Å². The van der Waals surface area contributed by atoms with E-state index in [-0.39, 0.29) is 17.7 Å². The first kappa shape index (κ1) is 12.5. The zero-order valence-electron chi connectivity index (χ0n) is 10.3. The summed E-state index contributed by atoms with van der Waals surface area (Å²) >= 11 is 0. The van der Waals surface area contributed by atoms with Crippen molar-refractivity contribution in [1.29, 1.82) is 0 Å². The lowest BCUT2D eigenvalue weighted by Gasteiger charge is -2.09. The second-order valence-corrected chi connectivity index (χ2v) is 3.70. The van der Waals surface area contributed by atoms with E-state index in [9.17, 15) is 5.11 Å². The Labute approximate surface area is 105 Å². The number of aromatic nitrogens is 3. The van der Waals surface area contributed by atoms with Gasteiger partial charge in [-0.05, 0) is 19.4 Å². The maximum Gasteiger partial charge on any atom is 0.261 e. The summed E-state index contributed by atoms with van der Waals surface area (Å²) < 4.78 is 10.6. The summed E-state index contributed by atoms with van der Waals surface area (Å²) in [5.41, 5.74) is 0.468.